The van der Waals surface area contributed by atoms with Crippen LogP contribution in [0.4, 0.5) is 5.95 Å². The third kappa shape index (κ3) is 5.33. The number of nitrogens with zero attached hydrogens (tertiary/aromatic N) is 4. The molecule has 10 nitrogen and oxygen atoms in total. The van der Waals surface area contributed by atoms with Gasteiger partial charge in [0.25, 0.3) is 5.56 Å². The van der Waals surface area contributed by atoms with Crippen molar-refractivity contribution in [1.82, 2.24) is 24.0 Å². The Morgan fingerprint density at radius 3 is 2.61 bits per heavy atom. The highest BCUT2D eigenvalue weighted by molar-refractivity contribution is 5.74. The van der Waals surface area contributed by atoms with Crippen LogP contribution in [-0.2, 0) is 13.6 Å². The smallest absolute Gasteiger partial charge is 0.329 e. The van der Waals surface area contributed by atoms with Crippen LogP contribution in [0.2, 0.25) is 0 Å². The molecule has 2 aromatic heterocycles. The standard InChI is InChI=1S/C21H30N6O4/c1-4-26(5-2)12-11-22-20-23-18-17(19(29)24-21(30)25(18)3)27(20)13-15(28)14-31-16-9-7-6-8-10-16/h6-10,15,28H,4-5,11-14H2,1-3H3,(H,22,23)(H,24,29,30). The van der Waals surface area contributed by atoms with Crippen molar-refractivity contribution in [3.63, 3.8) is 0 Å². The first kappa shape index (κ1) is 22.6. The fraction of sp³-hybridized carbons (Fsp3) is 0.476. The molecule has 0 saturated carbocycles. The molecule has 10 heteroatoms. The molecule has 0 aliphatic heterocycles. The van der Waals surface area contributed by atoms with Crippen molar-refractivity contribution in [3.8, 4) is 5.75 Å². The molecule has 0 aliphatic carbocycles. The van der Waals surface area contributed by atoms with Crippen LogP contribution in [0.3, 0.4) is 0 Å². The van der Waals surface area contributed by atoms with E-state index >= 15 is 0 Å². The number of aliphatic hydroxyl groups is 1. The number of aliphatic hydroxyl groups excluding tert-OH is 1. The number of fused-ring (bicyclic) bond motifs is 1. The molecule has 1 unspecified atom stereocenters. The summed E-state index contributed by atoms with van der Waals surface area (Å²) in [6, 6.07) is 9.19. The number of imidazole rings is 1. The second-order valence-electron chi connectivity index (χ2n) is 7.27. The molecule has 3 N–H and O–H groups in total. The Morgan fingerprint density at radius 1 is 1.23 bits per heavy atom. The number of rotatable bonds is 11. The zero-order valence-electron chi connectivity index (χ0n) is 18.2. The second-order valence-corrected chi connectivity index (χ2v) is 7.27. The Balaban J connectivity index is 1.85. The fourth-order valence-corrected chi connectivity index (χ4v) is 3.39. The van der Waals surface area contributed by atoms with E-state index in [0.29, 0.717) is 18.2 Å². The minimum Gasteiger partial charge on any atom is -0.491 e. The van der Waals surface area contributed by atoms with Crippen molar-refractivity contribution in [2.24, 2.45) is 7.05 Å². The van der Waals surface area contributed by atoms with Crippen LogP contribution in [0.15, 0.2) is 39.9 Å². The molecule has 3 aromatic rings. The van der Waals surface area contributed by atoms with Gasteiger partial charge in [-0.3, -0.25) is 14.3 Å². The molecule has 0 saturated heterocycles. The van der Waals surface area contributed by atoms with Crippen LogP contribution in [0, 0.1) is 0 Å². The third-order valence-corrected chi connectivity index (χ3v) is 5.19. The van der Waals surface area contributed by atoms with Gasteiger partial charge in [-0.15, -0.1) is 0 Å². The average molecular weight is 431 g/mol. The lowest BCUT2D eigenvalue weighted by Crippen LogP contribution is -2.31. The monoisotopic (exact) mass is 430 g/mol. The Bertz CT molecular complexity index is 1100. The van der Waals surface area contributed by atoms with Gasteiger partial charge in [0.15, 0.2) is 11.2 Å². The van der Waals surface area contributed by atoms with E-state index in [-0.39, 0.29) is 24.3 Å². The van der Waals surface area contributed by atoms with Crippen LogP contribution in [0.1, 0.15) is 13.8 Å². The Morgan fingerprint density at radius 2 is 1.94 bits per heavy atom. The highest BCUT2D eigenvalue weighted by Crippen LogP contribution is 2.17. The third-order valence-electron chi connectivity index (χ3n) is 5.19. The molecule has 0 aliphatic rings. The lowest BCUT2D eigenvalue weighted by atomic mass is 10.3. The van der Waals surface area contributed by atoms with Crippen molar-refractivity contribution in [3.05, 3.63) is 51.2 Å². The summed E-state index contributed by atoms with van der Waals surface area (Å²) < 4.78 is 8.52. The summed E-state index contributed by atoms with van der Waals surface area (Å²) in [4.78, 5) is 33.6. The molecule has 3 rings (SSSR count). The van der Waals surface area contributed by atoms with E-state index in [1.807, 2.05) is 18.2 Å². The van der Waals surface area contributed by atoms with Crippen LogP contribution in [0.5, 0.6) is 5.75 Å². The van der Waals surface area contributed by atoms with Gasteiger partial charge in [-0.05, 0) is 25.2 Å². The molecule has 0 amide bonds. The summed E-state index contributed by atoms with van der Waals surface area (Å²) >= 11 is 0. The summed E-state index contributed by atoms with van der Waals surface area (Å²) in [6.45, 7) is 7.58. The van der Waals surface area contributed by atoms with Gasteiger partial charge in [0.1, 0.15) is 18.5 Å². The van der Waals surface area contributed by atoms with Crippen molar-refractivity contribution < 1.29 is 9.84 Å². The van der Waals surface area contributed by atoms with E-state index in [9.17, 15) is 14.7 Å². The molecule has 2 heterocycles. The van der Waals surface area contributed by atoms with Crippen LogP contribution in [-0.4, -0.2) is 68.0 Å². The lowest BCUT2D eigenvalue weighted by molar-refractivity contribution is 0.0938. The predicted octanol–water partition coefficient (Wildman–Crippen LogP) is 0.617. The first-order valence-corrected chi connectivity index (χ1v) is 10.5. The van der Waals surface area contributed by atoms with Gasteiger partial charge >= 0.3 is 5.69 Å². The van der Waals surface area contributed by atoms with Crippen LogP contribution < -0.4 is 21.3 Å². The van der Waals surface area contributed by atoms with Crippen molar-refractivity contribution >= 4 is 17.1 Å². The fourth-order valence-electron chi connectivity index (χ4n) is 3.39. The Labute approximate surface area is 180 Å². The van der Waals surface area contributed by atoms with E-state index in [4.69, 9.17) is 4.74 Å². The SMILES string of the molecule is CCN(CC)CCNc1nc2c(c(=O)[nH]c(=O)n2C)n1CC(O)COc1ccccc1. The molecule has 0 spiro atoms. The molecule has 0 radical (unpaired) electrons. The number of hydrogen-bond donors (Lipinski definition) is 3. The summed E-state index contributed by atoms with van der Waals surface area (Å²) in [5.41, 5.74) is -0.593. The topological polar surface area (TPSA) is 117 Å². The zero-order chi connectivity index (χ0) is 22.4. The minimum absolute atomic E-state index is 0.0479. The molecule has 31 heavy (non-hydrogen) atoms. The van der Waals surface area contributed by atoms with Crippen molar-refractivity contribution in [2.45, 2.75) is 26.5 Å². The molecule has 168 valence electrons. The van der Waals surface area contributed by atoms with E-state index in [0.717, 1.165) is 19.6 Å². The second kappa shape index (κ2) is 10.3. The van der Waals surface area contributed by atoms with Gasteiger partial charge in [-0.2, -0.15) is 4.98 Å². The maximum Gasteiger partial charge on any atom is 0.329 e. The van der Waals surface area contributed by atoms with E-state index in [1.54, 1.807) is 23.7 Å². The van der Waals surface area contributed by atoms with E-state index < -0.39 is 17.4 Å². The highest BCUT2D eigenvalue weighted by Gasteiger charge is 2.20. The Hall–Kier alpha value is -3.11. The lowest BCUT2D eigenvalue weighted by Gasteiger charge is -2.19. The minimum atomic E-state index is -0.891. The van der Waals surface area contributed by atoms with Gasteiger partial charge < -0.3 is 24.6 Å². The number of likely N-dealkylation sites (N-methyl/N-ethyl adjacent to an activating group) is 1. The number of nitrogens with one attached hydrogen (secondary N) is 2. The number of H-pyrrole nitrogens is 1. The zero-order valence-corrected chi connectivity index (χ0v) is 18.2. The largest absolute Gasteiger partial charge is 0.491 e. The van der Waals surface area contributed by atoms with Gasteiger partial charge in [-0.1, -0.05) is 32.0 Å². The molecular formula is C21H30N6O4. The summed E-state index contributed by atoms with van der Waals surface area (Å²) in [5.74, 6) is 1.07. The number of benzene rings is 1. The highest BCUT2D eigenvalue weighted by atomic mass is 16.5. The first-order valence-electron chi connectivity index (χ1n) is 10.5. The average Bonchev–Trinajstić information content (AvgIpc) is 3.13. The number of aromatic amines is 1. The van der Waals surface area contributed by atoms with Gasteiger partial charge in [-0.25, -0.2) is 4.79 Å². The summed E-state index contributed by atoms with van der Waals surface area (Å²) in [7, 11) is 1.55. The first-order chi connectivity index (χ1) is 14.9. The molecular weight excluding hydrogens is 400 g/mol. The summed E-state index contributed by atoms with van der Waals surface area (Å²) in [6.07, 6.45) is -0.891. The Kier molecular flexibility index (Phi) is 7.48. The van der Waals surface area contributed by atoms with Gasteiger partial charge in [0, 0.05) is 20.1 Å². The number of hydrogen-bond acceptors (Lipinski definition) is 7. The predicted molar refractivity (Wildman–Crippen MR) is 120 cm³/mol. The molecule has 1 atom stereocenters. The quantitative estimate of drug-likeness (QED) is 0.408. The number of para-hydroxylation sites is 1. The van der Waals surface area contributed by atoms with Crippen LogP contribution in [0.25, 0.3) is 11.2 Å². The van der Waals surface area contributed by atoms with E-state index in [1.165, 1.54) is 4.57 Å². The van der Waals surface area contributed by atoms with E-state index in [2.05, 4.69) is 34.0 Å². The van der Waals surface area contributed by atoms with Crippen molar-refractivity contribution in [2.75, 3.05) is 38.1 Å². The molecule has 0 fully saturated rings. The van der Waals surface area contributed by atoms with Gasteiger partial charge in [0.05, 0.1) is 6.54 Å². The number of aryl methyl sites for hydroxylation is 1. The van der Waals surface area contributed by atoms with Crippen LogP contribution >= 0.6 is 0 Å². The summed E-state index contributed by atoms with van der Waals surface area (Å²) in [5, 5.41) is 13.8. The molecule has 0 bridgehead atoms. The maximum absolute atomic E-state index is 12.5. The van der Waals surface area contributed by atoms with Gasteiger partial charge in [0.2, 0.25) is 5.95 Å². The number of anilines is 1. The van der Waals surface area contributed by atoms with Crippen molar-refractivity contribution in [1.29, 1.82) is 0 Å². The number of aromatic nitrogens is 4. The maximum atomic E-state index is 12.5. The number of ether oxygens (including phenoxy) is 1. The molecule has 1 aromatic carbocycles. The normalized spacial score (nSPS) is 12.4.